The van der Waals surface area contributed by atoms with Crippen molar-refractivity contribution in [1.82, 2.24) is 10.2 Å². The van der Waals surface area contributed by atoms with E-state index in [0.29, 0.717) is 5.56 Å². The van der Waals surface area contributed by atoms with Gasteiger partial charge in [0.2, 0.25) is 0 Å². The van der Waals surface area contributed by atoms with E-state index < -0.39 is 0 Å². The maximum absolute atomic E-state index is 10.9. The zero-order chi connectivity index (χ0) is 12.3. The fourth-order valence-corrected chi connectivity index (χ4v) is 2.01. The zero-order valence-electron chi connectivity index (χ0n) is 9.53. The molecule has 0 bridgehead atoms. The van der Waals surface area contributed by atoms with Crippen LogP contribution in [0.2, 0.25) is 0 Å². The summed E-state index contributed by atoms with van der Waals surface area (Å²) >= 11 is 3.40. The van der Waals surface area contributed by atoms with Gasteiger partial charge in [-0.1, -0.05) is 28.1 Å². The summed E-state index contributed by atoms with van der Waals surface area (Å²) in [7, 11) is 0. The summed E-state index contributed by atoms with van der Waals surface area (Å²) in [6.07, 6.45) is 2.54. The molecule has 0 atom stereocenters. The van der Waals surface area contributed by atoms with Crippen molar-refractivity contribution >= 4 is 22.2 Å². The summed E-state index contributed by atoms with van der Waals surface area (Å²) in [6, 6.07) is 8.19. The Morgan fingerprint density at radius 1 is 1.29 bits per heavy atom. The third kappa shape index (κ3) is 2.82. The highest BCUT2D eigenvalue weighted by molar-refractivity contribution is 9.10. The number of carbonyl (C=O) groups is 1. The molecule has 0 spiro atoms. The van der Waals surface area contributed by atoms with Gasteiger partial charge in [0.1, 0.15) is 0 Å². The minimum absolute atomic E-state index is 0.696. The van der Waals surface area contributed by atoms with Gasteiger partial charge in [0, 0.05) is 10.2 Å². The molecule has 1 aromatic heterocycles. The minimum atomic E-state index is 0.696. The quantitative estimate of drug-likeness (QED) is 0.880. The second-order valence-corrected chi connectivity index (χ2v) is 4.87. The average molecular weight is 293 g/mol. The summed E-state index contributed by atoms with van der Waals surface area (Å²) in [5, 5.41) is 7.00. The first-order valence-corrected chi connectivity index (χ1v) is 6.23. The Morgan fingerprint density at radius 3 is 2.65 bits per heavy atom. The first kappa shape index (κ1) is 12.0. The van der Waals surface area contributed by atoms with Crippen molar-refractivity contribution < 1.29 is 4.79 Å². The number of aldehydes is 1. The Hall–Kier alpha value is -1.42. The molecule has 0 radical (unpaired) electrons. The summed E-state index contributed by atoms with van der Waals surface area (Å²) in [5.74, 6) is 0. The molecule has 4 heteroatoms. The number of carbonyl (C=O) groups excluding carboxylic acids is 1. The molecule has 1 aromatic carbocycles. The van der Waals surface area contributed by atoms with Crippen molar-refractivity contribution in [2.75, 3.05) is 0 Å². The molecule has 0 unspecified atom stereocenters. The Balaban J connectivity index is 2.07. The molecular formula is C13H13BrN2O. The van der Waals surface area contributed by atoms with E-state index in [9.17, 15) is 4.79 Å². The summed E-state index contributed by atoms with van der Waals surface area (Å²) in [6.45, 7) is 1.86. The summed E-state index contributed by atoms with van der Waals surface area (Å²) < 4.78 is 1.07. The molecule has 2 aromatic rings. The first-order valence-electron chi connectivity index (χ1n) is 5.44. The van der Waals surface area contributed by atoms with Gasteiger partial charge < -0.3 is 0 Å². The molecule has 1 N–H and O–H groups in total. The van der Waals surface area contributed by atoms with Crippen molar-refractivity contribution in [3.8, 4) is 0 Å². The van der Waals surface area contributed by atoms with E-state index in [1.54, 1.807) is 0 Å². The van der Waals surface area contributed by atoms with Gasteiger partial charge >= 0.3 is 0 Å². The number of benzene rings is 1. The highest BCUT2D eigenvalue weighted by atomic mass is 79.9. The lowest BCUT2D eigenvalue weighted by molar-refractivity contribution is 0.112. The monoisotopic (exact) mass is 292 g/mol. The molecule has 2 rings (SSSR count). The number of nitrogens with zero attached hydrogens (tertiary/aromatic N) is 1. The van der Waals surface area contributed by atoms with Crippen molar-refractivity contribution in [3.05, 3.63) is 51.3 Å². The number of hydrogen-bond acceptors (Lipinski definition) is 2. The largest absolute Gasteiger partial charge is 0.298 e. The van der Waals surface area contributed by atoms with Gasteiger partial charge in [-0.25, -0.2) is 0 Å². The predicted molar refractivity (Wildman–Crippen MR) is 70.3 cm³/mol. The molecule has 0 aliphatic heterocycles. The normalized spacial score (nSPS) is 10.5. The summed E-state index contributed by atoms with van der Waals surface area (Å²) in [4.78, 5) is 10.9. The van der Waals surface area contributed by atoms with E-state index >= 15 is 0 Å². The van der Waals surface area contributed by atoms with E-state index in [1.807, 2.05) is 19.1 Å². The van der Waals surface area contributed by atoms with Crippen LogP contribution in [0.4, 0.5) is 0 Å². The molecule has 0 fully saturated rings. The van der Waals surface area contributed by atoms with Crippen LogP contribution in [-0.4, -0.2) is 16.5 Å². The highest BCUT2D eigenvalue weighted by Crippen LogP contribution is 2.14. The fourth-order valence-electron chi connectivity index (χ4n) is 1.75. The van der Waals surface area contributed by atoms with Crippen molar-refractivity contribution in [2.45, 2.75) is 19.8 Å². The molecular weight excluding hydrogens is 280 g/mol. The number of aryl methyl sites for hydroxylation is 3. The fraction of sp³-hybridized carbons (Fsp3) is 0.231. The number of aromatic amines is 1. The van der Waals surface area contributed by atoms with E-state index in [4.69, 9.17) is 0 Å². The standard InChI is InChI=1S/C13H13BrN2O/c1-9-12(8-17)13(16-15-9)7-4-10-2-5-11(14)6-3-10/h2-3,5-6,8H,4,7H2,1H3,(H,15,16). The van der Waals surface area contributed by atoms with Crippen molar-refractivity contribution in [1.29, 1.82) is 0 Å². The van der Waals surface area contributed by atoms with Gasteiger partial charge in [0.25, 0.3) is 0 Å². The Bertz CT molecular complexity index is 517. The lowest BCUT2D eigenvalue weighted by Gasteiger charge is -2.00. The Kier molecular flexibility index (Phi) is 3.74. The molecule has 1 heterocycles. The Labute approximate surface area is 108 Å². The maximum Gasteiger partial charge on any atom is 0.153 e. The van der Waals surface area contributed by atoms with Gasteiger partial charge in [0.05, 0.1) is 11.3 Å². The van der Waals surface area contributed by atoms with E-state index in [1.165, 1.54) is 5.56 Å². The van der Waals surface area contributed by atoms with Crippen LogP contribution in [0, 0.1) is 6.92 Å². The third-order valence-electron chi connectivity index (χ3n) is 2.76. The minimum Gasteiger partial charge on any atom is -0.298 e. The first-order chi connectivity index (χ1) is 8.20. The third-order valence-corrected chi connectivity index (χ3v) is 3.28. The molecule has 0 aliphatic carbocycles. The lowest BCUT2D eigenvalue weighted by Crippen LogP contribution is -1.95. The van der Waals surface area contributed by atoms with Crippen LogP contribution in [0.25, 0.3) is 0 Å². The van der Waals surface area contributed by atoms with Crippen LogP contribution in [-0.2, 0) is 12.8 Å². The highest BCUT2D eigenvalue weighted by Gasteiger charge is 2.08. The SMILES string of the molecule is Cc1[nH]nc(CCc2ccc(Br)cc2)c1C=O. The van der Waals surface area contributed by atoms with Gasteiger partial charge in [-0.3, -0.25) is 9.89 Å². The number of aromatic nitrogens is 2. The molecule has 0 amide bonds. The average Bonchev–Trinajstić information content (AvgIpc) is 2.69. The van der Waals surface area contributed by atoms with Crippen LogP contribution in [0.5, 0.6) is 0 Å². The lowest BCUT2D eigenvalue weighted by atomic mass is 10.1. The summed E-state index contributed by atoms with van der Waals surface area (Å²) in [5.41, 5.74) is 3.62. The predicted octanol–water partition coefficient (Wildman–Crippen LogP) is 3.08. The van der Waals surface area contributed by atoms with Crippen molar-refractivity contribution in [2.24, 2.45) is 0 Å². The van der Waals surface area contributed by atoms with Crippen molar-refractivity contribution in [3.63, 3.8) is 0 Å². The van der Waals surface area contributed by atoms with Gasteiger partial charge in [-0.05, 0) is 37.5 Å². The number of hydrogen-bond donors (Lipinski definition) is 1. The zero-order valence-corrected chi connectivity index (χ0v) is 11.1. The van der Waals surface area contributed by atoms with E-state index in [0.717, 1.165) is 35.0 Å². The van der Waals surface area contributed by atoms with Crippen LogP contribution >= 0.6 is 15.9 Å². The van der Waals surface area contributed by atoms with Crippen LogP contribution in [0.15, 0.2) is 28.7 Å². The van der Waals surface area contributed by atoms with Crippen LogP contribution in [0.1, 0.15) is 27.3 Å². The Morgan fingerprint density at radius 2 is 2.00 bits per heavy atom. The van der Waals surface area contributed by atoms with Crippen LogP contribution in [0.3, 0.4) is 0 Å². The number of H-pyrrole nitrogens is 1. The smallest absolute Gasteiger partial charge is 0.153 e. The molecule has 88 valence electrons. The number of halogens is 1. The number of rotatable bonds is 4. The molecule has 0 saturated heterocycles. The van der Waals surface area contributed by atoms with Gasteiger partial charge in [-0.2, -0.15) is 5.10 Å². The number of nitrogens with one attached hydrogen (secondary N) is 1. The topological polar surface area (TPSA) is 45.8 Å². The van der Waals surface area contributed by atoms with E-state index in [-0.39, 0.29) is 0 Å². The molecule has 3 nitrogen and oxygen atoms in total. The van der Waals surface area contributed by atoms with Gasteiger partial charge in [0.15, 0.2) is 6.29 Å². The second-order valence-electron chi connectivity index (χ2n) is 3.95. The molecule has 17 heavy (non-hydrogen) atoms. The molecule has 0 aliphatic rings. The maximum atomic E-state index is 10.9. The molecule has 0 saturated carbocycles. The van der Waals surface area contributed by atoms with Gasteiger partial charge in [-0.15, -0.1) is 0 Å². The second kappa shape index (κ2) is 5.27. The van der Waals surface area contributed by atoms with E-state index in [2.05, 4.69) is 38.3 Å². The van der Waals surface area contributed by atoms with Crippen LogP contribution < -0.4 is 0 Å².